The standard InChI is InChI=1S/C27H20ClF3N2O4/c1-13-7-14(2)9-16(8-13)24(32-20-6-3-15(11-22(20)34)10-19(28)26(36)37)23-18-5-4-17(27(29,30)31)12-21(18)33-25(23)35/h3-12,33-35H,1-2H3,(H,36,37). The zero-order valence-corrected chi connectivity index (χ0v) is 20.2. The second-order valence-corrected chi connectivity index (χ2v) is 8.90. The Morgan fingerprint density at radius 3 is 2.27 bits per heavy atom. The van der Waals surface area contributed by atoms with Crippen molar-refractivity contribution in [2.45, 2.75) is 20.0 Å². The normalized spacial score (nSPS) is 12.8. The first kappa shape index (κ1) is 25.8. The van der Waals surface area contributed by atoms with E-state index >= 15 is 0 Å². The van der Waals surface area contributed by atoms with Gasteiger partial charge < -0.3 is 20.3 Å². The number of nitrogens with zero attached hydrogens (tertiary/aromatic N) is 1. The number of aryl methyl sites for hydroxylation is 2. The molecule has 0 atom stereocenters. The topological polar surface area (TPSA) is 106 Å². The van der Waals surface area contributed by atoms with E-state index in [4.69, 9.17) is 16.7 Å². The number of hydrogen-bond donors (Lipinski definition) is 4. The van der Waals surface area contributed by atoms with E-state index in [1.165, 1.54) is 24.3 Å². The number of carboxylic acid groups (broad SMARTS) is 1. The fourth-order valence-corrected chi connectivity index (χ4v) is 4.15. The van der Waals surface area contributed by atoms with E-state index in [9.17, 15) is 28.2 Å². The van der Waals surface area contributed by atoms with E-state index < -0.39 is 22.7 Å². The molecular weight excluding hydrogens is 509 g/mol. The van der Waals surface area contributed by atoms with E-state index in [2.05, 4.69) is 9.98 Å². The molecule has 0 bridgehead atoms. The monoisotopic (exact) mass is 528 g/mol. The number of benzene rings is 3. The lowest BCUT2D eigenvalue weighted by atomic mass is 9.97. The average molecular weight is 529 g/mol. The number of carbonyl (C=O) groups is 1. The van der Waals surface area contributed by atoms with Crippen molar-refractivity contribution in [3.63, 3.8) is 0 Å². The number of aromatic nitrogens is 1. The number of alkyl halides is 3. The number of nitrogens with one attached hydrogen (secondary N) is 1. The Bertz CT molecular complexity index is 1580. The molecule has 0 aliphatic carbocycles. The molecule has 0 radical (unpaired) electrons. The van der Waals surface area contributed by atoms with Gasteiger partial charge in [0.2, 0.25) is 0 Å². The Labute approximate surface area is 214 Å². The van der Waals surface area contributed by atoms with E-state index in [1.807, 2.05) is 19.9 Å². The van der Waals surface area contributed by atoms with Gasteiger partial charge in [0.05, 0.1) is 16.8 Å². The molecule has 37 heavy (non-hydrogen) atoms. The third-order valence-corrected chi connectivity index (χ3v) is 5.84. The van der Waals surface area contributed by atoms with Gasteiger partial charge in [0, 0.05) is 16.5 Å². The molecule has 190 valence electrons. The number of halogens is 4. The van der Waals surface area contributed by atoms with Crippen LogP contribution < -0.4 is 0 Å². The molecule has 0 aliphatic heterocycles. The second kappa shape index (κ2) is 9.67. The summed E-state index contributed by atoms with van der Waals surface area (Å²) >= 11 is 5.67. The van der Waals surface area contributed by atoms with Crippen molar-refractivity contribution < 1.29 is 33.3 Å². The van der Waals surface area contributed by atoms with Crippen LogP contribution in [0.4, 0.5) is 18.9 Å². The maximum atomic E-state index is 13.3. The number of hydrogen-bond acceptors (Lipinski definition) is 4. The Morgan fingerprint density at radius 2 is 1.68 bits per heavy atom. The van der Waals surface area contributed by atoms with Gasteiger partial charge >= 0.3 is 12.1 Å². The van der Waals surface area contributed by atoms with Crippen LogP contribution in [0.1, 0.15) is 33.4 Å². The largest absolute Gasteiger partial charge is 0.506 e. The molecule has 0 aliphatic rings. The van der Waals surface area contributed by atoms with Crippen LogP contribution in [0.15, 0.2) is 64.6 Å². The third kappa shape index (κ3) is 5.46. The summed E-state index contributed by atoms with van der Waals surface area (Å²) in [7, 11) is 0. The fourth-order valence-electron chi connectivity index (χ4n) is 4.03. The van der Waals surface area contributed by atoms with E-state index in [0.29, 0.717) is 16.5 Å². The number of aliphatic imine (C=N–C) groups is 1. The zero-order chi connectivity index (χ0) is 27.1. The minimum atomic E-state index is -4.56. The van der Waals surface area contributed by atoms with Crippen LogP contribution >= 0.6 is 11.6 Å². The summed E-state index contributed by atoms with van der Waals surface area (Å²) in [5, 5.41) is 30.2. The summed E-state index contributed by atoms with van der Waals surface area (Å²) in [6.45, 7) is 3.73. The molecule has 0 fully saturated rings. The van der Waals surface area contributed by atoms with Gasteiger partial charge in [-0.05, 0) is 61.9 Å². The van der Waals surface area contributed by atoms with Crippen LogP contribution in [-0.4, -0.2) is 32.0 Å². The van der Waals surface area contributed by atoms with Crippen molar-refractivity contribution in [3.05, 3.63) is 93.0 Å². The number of aliphatic carboxylic acids is 1. The van der Waals surface area contributed by atoms with Gasteiger partial charge in [-0.15, -0.1) is 0 Å². The van der Waals surface area contributed by atoms with Crippen molar-refractivity contribution in [3.8, 4) is 11.6 Å². The van der Waals surface area contributed by atoms with Crippen molar-refractivity contribution in [1.82, 2.24) is 4.98 Å². The summed E-state index contributed by atoms with van der Waals surface area (Å²) < 4.78 is 39.8. The molecule has 10 heteroatoms. The number of aromatic amines is 1. The Balaban J connectivity index is 1.95. The number of H-pyrrole nitrogens is 1. The Morgan fingerprint density at radius 1 is 1.00 bits per heavy atom. The molecule has 0 unspecified atom stereocenters. The predicted octanol–water partition coefficient (Wildman–Crippen LogP) is 7.05. The summed E-state index contributed by atoms with van der Waals surface area (Å²) in [6, 6.07) is 12.8. The fraction of sp³-hybridized carbons (Fsp3) is 0.111. The first-order valence-corrected chi connectivity index (χ1v) is 11.2. The van der Waals surface area contributed by atoms with Gasteiger partial charge in [0.15, 0.2) is 5.88 Å². The van der Waals surface area contributed by atoms with Crippen molar-refractivity contribution in [2.75, 3.05) is 0 Å². The molecule has 4 N–H and O–H groups in total. The highest BCUT2D eigenvalue weighted by Crippen LogP contribution is 2.37. The lowest BCUT2D eigenvalue weighted by molar-refractivity contribution is -0.137. The first-order chi connectivity index (χ1) is 17.3. The van der Waals surface area contributed by atoms with E-state index in [0.717, 1.165) is 29.3 Å². The molecule has 4 aromatic rings. The number of fused-ring (bicyclic) bond motifs is 1. The minimum absolute atomic E-state index is 0.0624. The van der Waals surface area contributed by atoms with Crippen LogP contribution in [-0.2, 0) is 11.0 Å². The number of aromatic hydroxyl groups is 2. The number of rotatable bonds is 5. The highest BCUT2D eigenvalue weighted by Gasteiger charge is 2.31. The van der Waals surface area contributed by atoms with Crippen LogP contribution in [0.5, 0.6) is 11.6 Å². The zero-order valence-electron chi connectivity index (χ0n) is 19.5. The van der Waals surface area contributed by atoms with Crippen molar-refractivity contribution in [1.29, 1.82) is 0 Å². The van der Waals surface area contributed by atoms with E-state index in [1.54, 1.807) is 12.1 Å². The quantitative estimate of drug-likeness (QED) is 0.164. The molecule has 1 aromatic heterocycles. The number of phenols is 1. The highest BCUT2D eigenvalue weighted by atomic mass is 35.5. The molecule has 0 saturated heterocycles. The first-order valence-electron chi connectivity index (χ1n) is 10.9. The second-order valence-electron chi connectivity index (χ2n) is 8.49. The van der Waals surface area contributed by atoms with Crippen LogP contribution in [0.3, 0.4) is 0 Å². The van der Waals surface area contributed by atoms with Crippen molar-refractivity contribution in [2.24, 2.45) is 4.99 Å². The van der Waals surface area contributed by atoms with Gasteiger partial charge in [-0.25, -0.2) is 9.79 Å². The van der Waals surface area contributed by atoms with Gasteiger partial charge in [-0.1, -0.05) is 40.9 Å². The maximum absolute atomic E-state index is 13.3. The number of carboxylic acids is 1. The summed E-state index contributed by atoms with van der Waals surface area (Å²) in [6.07, 6.45) is -3.41. The SMILES string of the molecule is Cc1cc(C)cc(C(=Nc2ccc(C=C(Cl)C(=O)O)cc2O)c2c(O)[nH]c3cc(C(F)(F)F)ccc23)c1. The summed E-state index contributed by atoms with van der Waals surface area (Å²) in [5.74, 6) is -2.02. The molecular formula is C27H20ClF3N2O4. The predicted molar refractivity (Wildman–Crippen MR) is 136 cm³/mol. The summed E-state index contributed by atoms with van der Waals surface area (Å²) in [4.78, 5) is 18.2. The lowest BCUT2D eigenvalue weighted by Crippen LogP contribution is -2.05. The Hall–Kier alpha value is -4.24. The van der Waals surface area contributed by atoms with Gasteiger partial charge in [0.25, 0.3) is 0 Å². The van der Waals surface area contributed by atoms with Crippen LogP contribution in [0.25, 0.3) is 17.0 Å². The van der Waals surface area contributed by atoms with Gasteiger partial charge in [0.1, 0.15) is 16.5 Å². The molecule has 6 nitrogen and oxygen atoms in total. The summed E-state index contributed by atoms with van der Waals surface area (Å²) in [5.41, 5.74) is 2.27. The highest BCUT2D eigenvalue weighted by molar-refractivity contribution is 6.43. The minimum Gasteiger partial charge on any atom is -0.506 e. The van der Waals surface area contributed by atoms with Crippen LogP contribution in [0.2, 0.25) is 0 Å². The van der Waals surface area contributed by atoms with Crippen LogP contribution in [0, 0.1) is 13.8 Å². The molecule has 0 amide bonds. The maximum Gasteiger partial charge on any atom is 0.416 e. The molecule has 0 spiro atoms. The average Bonchev–Trinajstić information content (AvgIpc) is 3.12. The Kier molecular flexibility index (Phi) is 6.75. The molecule has 0 saturated carbocycles. The number of phenolic OH excluding ortho intramolecular Hbond substituents is 1. The van der Waals surface area contributed by atoms with E-state index in [-0.39, 0.29) is 34.1 Å². The third-order valence-electron chi connectivity index (χ3n) is 5.57. The van der Waals surface area contributed by atoms with Gasteiger partial charge in [-0.2, -0.15) is 13.2 Å². The lowest BCUT2D eigenvalue weighted by Gasteiger charge is -2.11. The smallest absolute Gasteiger partial charge is 0.416 e. The van der Waals surface area contributed by atoms with Gasteiger partial charge in [-0.3, -0.25) is 0 Å². The molecule has 1 heterocycles. The molecule has 4 rings (SSSR count). The van der Waals surface area contributed by atoms with Crippen molar-refractivity contribution >= 4 is 45.9 Å². The molecule has 3 aromatic carbocycles.